The van der Waals surface area contributed by atoms with E-state index in [0.29, 0.717) is 18.6 Å². The van der Waals surface area contributed by atoms with E-state index < -0.39 is 0 Å². The van der Waals surface area contributed by atoms with Gasteiger partial charge in [-0.1, -0.05) is 30.3 Å². The molecule has 0 saturated heterocycles. The van der Waals surface area contributed by atoms with Crippen LogP contribution in [0.15, 0.2) is 54.6 Å². The summed E-state index contributed by atoms with van der Waals surface area (Å²) in [5.74, 6) is -0.599. The zero-order valence-corrected chi connectivity index (χ0v) is 9.80. The average Bonchev–Trinajstić information content (AvgIpc) is 2.42. The monoisotopic (exact) mass is 243 g/mol. The Morgan fingerprint density at radius 2 is 1.67 bits per heavy atom. The summed E-state index contributed by atoms with van der Waals surface area (Å²) in [5.41, 5.74) is 1.48. The van der Waals surface area contributed by atoms with E-state index >= 15 is 0 Å². The molecule has 0 saturated carbocycles. The first-order valence-corrected chi connectivity index (χ1v) is 5.72. The fraction of sp³-hybridized carbons (Fsp3) is 0.133. The van der Waals surface area contributed by atoms with E-state index in [4.69, 9.17) is 4.74 Å². The molecule has 92 valence electrons. The number of benzene rings is 2. The Balaban J connectivity index is 1.82. The third kappa shape index (κ3) is 3.42. The highest BCUT2D eigenvalue weighted by atomic mass is 18.2. The highest BCUT2D eigenvalue weighted by Gasteiger charge is 2.05. The lowest BCUT2D eigenvalue weighted by Crippen LogP contribution is -2.07. The van der Waals surface area contributed by atoms with Crippen LogP contribution in [0.2, 0.25) is 0 Å². The van der Waals surface area contributed by atoms with E-state index in [2.05, 4.69) is 0 Å². The Kier molecular flexibility index (Phi) is 4.07. The maximum Gasteiger partial charge on any atom is 0.338 e. The second-order valence-corrected chi connectivity index (χ2v) is 3.88. The molecule has 0 bridgehead atoms. The molecule has 0 aliphatic heterocycles. The Bertz CT molecular complexity index is 506. The minimum atomic E-state index is -0.335. The number of rotatable bonds is 4. The molecule has 0 spiro atoms. The number of halogens is 1. The van der Waals surface area contributed by atoms with Gasteiger partial charge in [0.05, 0.1) is 12.2 Å². The third-order valence-corrected chi connectivity index (χ3v) is 2.55. The van der Waals surface area contributed by atoms with Crippen molar-refractivity contribution >= 4 is 5.97 Å². The first-order valence-electron chi connectivity index (χ1n) is 5.72. The minimum Gasteiger partial charge on any atom is -0.462 e. The van der Waals surface area contributed by atoms with Gasteiger partial charge in [0, 0.05) is 6.42 Å². The van der Waals surface area contributed by atoms with E-state index in [0.717, 1.165) is 5.56 Å². The third-order valence-electron chi connectivity index (χ3n) is 2.55. The van der Waals surface area contributed by atoms with Gasteiger partial charge in [0.25, 0.3) is 0 Å². The van der Waals surface area contributed by atoms with Gasteiger partial charge in [-0.2, -0.15) is 0 Å². The van der Waals surface area contributed by atoms with Crippen molar-refractivity contribution in [2.24, 2.45) is 0 Å². The van der Waals surface area contributed by atoms with Crippen molar-refractivity contribution < 1.29 is 13.9 Å². The van der Waals surface area contributed by atoms with Crippen molar-refractivity contribution in [3.05, 3.63) is 71.5 Å². The van der Waals surface area contributed by atoms with Crippen molar-refractivity contribution in [3.63, 3.8) is 0 Å². The molecule has 0 N–H and O–H groups in total. The van der Waals surface area contributed by atoms with Gasteiger partial charge in [-0.25, -0.2) is 9.18 Å². The van der Waals surface area contributed by atoms with Crippen molar-refractivity contribution in [3.8, 4) is 0 Å². The van der Waals surface area contributed by atoms with Crippen LogP contribution < -0.4 is 0 Å². The fourth-order valence-corrected chi connectivity index (χ4v) is 1.57. The fourth-order valence-electron chi connectivity index (χ4n) is 1.57. The Labute approximate surface area is 105 Å². The molecule has 0 unspecified atom stereocenters. The van der Waals surface area contributed by atoms with Gasteiger partial charge in [0.15, 0.2) is 0 Å². The lowest BCUT2D eigenvalue weighted by Gasteiger charge is -2.04. The molecular weight excluding hydrogens is 230 g/mol. The lowest BCUT2D eigenvalue weighted by atomic mass is 10.1. The number of ether oxygens (including phenoxy) is 1. The first-order chi connectivity index (χ1) is 8.75. The quantitative estimate of drug-likeness (QED) is 0.771. The predicted molar refractivity (Wildman–Crippen MR) is 66.8 cm³/mol. The molecule has 0 aliphatic carbocycles. The topological polar surface area (TPSA) is 26.3 Å². The number of carbonyl (C=O) groups excluding carboxylic acids is 1. The van der Waals surface area contributed by atoms with Gasteiger partial charge in [-0.3, -0.25) is 0 Å². The average molecular weight is 243 g/mol. The van der Waals surface area contributed by atoms with Crippen molar-refractivity contribution in [1.29, 1.82) is 0 Å². The van der Waals surface area contributed by atoms with Gasteiger partial charge < -0.3 is 4.74 Å². The van der Waals surface area contributed by atoms with Crippen LogP contribution in [-0.4, -0.2) is 12.6 Å². The summed E-state index contributed by atoms with van der Waals surface area (Å²) in [6.07, 6.45) is 0.582. The van der Waals surface area contributed by atoms with Crippen molar-refractivity contribution in [2.75, 3.05) is 6.61 Å². The second-order valence-electron chi connectivity index (χ2n) is 3.88. The van der Waals surface area contributed by atoms with Crippen LogP contribution >= 0.6 is 0 Å². The van der Waals surface area contributed by atoms with Gasteiger partial charge in [0.2, 0.25) is 0 Å². The Hall–Kier alpha value is -2.16. The smallest absolute Gasteiger partial charge is 0.338 e. The molecule has 0 aromatic heterocycles. The number of carbonyl (C=O) groups is 1. The Morgan fingerprint density at radius 1 is 1.00 bits per heavy atom. The molecule has 18 heavy (non-hydrogen) atoms. The summed E-state index contributed by atoms with van der Waals surface area (Å²) >= 11 is 0. The highest BCUT2D eigenvalue weighted by Crippen LogP contribution is 2.05. The molecule has 3 heteroatoms. The SMILES string of the molecule is O=C(OCCc1ccc([18F])cc1)c1ccccc1. The van der Waals surface area contributed by atoms with Gasteiger partial charge >= 0.3 is 5.97 Å². The number of hydrogen-bond acceptors (Lipinski definition) is 2. The molecule has 2 aromatic rings. The standard InChI is InChI=1S/C15H13FO2/c16-14-8-6-12(7-9-14)10-11-18-15(17)13-4-2-1-3-5-13/h1-9H,10-11H2/i16-1. The Morgan fingerprint density at radius 3 is 2.33 bits per heavy atom. The van der Waals surface area contributed by atoms with E-state index in [-0.39, 0.29) is 11.8 Å². The van der Waals surface area contributed by atoms with Crippen molar-refractivity contribution in [2.45, 2.75) is 6.42 Å². The largest absolute Gasteiger partial charge is 0.462 e. The summed E-state index contributed by atoms with van der Waals surface area (Å²) in [5, 5.41) is 0. The van der Waals surface area contributed by atoms with Gasteiger partial charge in [0.1, 0.15) is 5.82 Å². The van der Waals surface area contributed by atoms with E-state index in [1.807, 2.05) is 6.07 Å². The highest BCUT2D eigenvalue weighted by molar-refractivity contribution is 5.89. The van der Waals surface area contributed by atoms with Crippen LogP contribution in [0.25, 0.3) is 0 Å². The van der Waals surface area contributed by atoms with Crippen LogP contribution in [0.3, 0.4) is 0 Å². The predicted octanol–water partition coefficient (Wildman–Crippen LogP) is 3.23. The molecule has 2 aromatic carbocycles. The first kappa shape index (κ1) is 12.3. The van der Waals surface area contributed by atoms with Crippen LogP contribution in [0.1, 0.15) is 15.9 Å². The van der Waals surface area contributed by atoms with Gasteiger partial charge in [-0.15, -0.1) is 0 Å². The molecule has 0 heterocycles. The summed E-state index contributed by atoms with van der Waals surface area (Å²) in [6.45, 7) is 0.291. The molecule has 2 rings (SSSR count). The van der Waals surface area contributed by atoms with Crippen LogP contribution in [-0.2, 0) is 11.2 Å². The molecular formula is C15H13FO2. The second kappa shape index (κ2) is 5.96. The lowest BCUT2D eigenvalue weighted by molar-refractivity contribution is 0.0509. The zero-order chi connectivity index (χ0) is 12.8. The molecule has 0 radical (unpaired) electrons. The summed E-state index contributed by atoms with van der Waals surface area (Å²) in [6, 6.07) is 15.0. The van der Waals surface area contributed by atoms with Crippen LogP contribution in [0.5, 0.6) is 0 Å². The molecule has 0 fully saturated rings. The maximum atomic E-state index is 12.7. The normalized spacial score (nSPS) is 10.1. The van der Waals surface area contributed by atoms with Crippen LogP contribution in [0, 0.1) is 5.82 Å². The van der Waals surface area contributed by atoms with E-state index in [1.54, 1.807) is 36.4 Å². The molecule has 0 amide bonds. The van der Waals surface area contributed by atoms with E-state index in [1.165, 1.54) is 12.1 Å². The summed E-state index contributed by atoms with van der Waals surface area (Å²) < 4.78 is 17.8. The van der Waals surface area contributed by atoms with E-state index in [9.17, 15) is 9.18 Å². The zero-order valence-electron chi connectivity index (χ0n) is 9.80. The van der Waals surface area contributed by atoms with Crippen molar-refractivity contribution in [1.82, 2.24) is 0 Å². The molecule has 0 aliphatic rings. The molecule has 2 nitrogen and oxygen atoms in total. The minimum absolute atomic E-state index is 0.264. The molecule has 0 atom stereocenters. The number of esters is 1. The summed E-state index contributed by atoms with van der Waals surface area (Å²) in [4.78, 5) is 11.6. The maximum absolute atomic E-state index is 12.7. The van der Waals surface area contributed by atoms with Crippen LogP contribution in [0.4, 0.5) is 4.39 Å². The summed E-state index contributed by atoms with van der Waals surface area (Å²) in [7, 11) is 0. The van der Waals surface area contributed by atoms with Gasteiger partial charge in [-0.05, 0) is 29.8 Å². The number of hydrogen-bond donors (Lipinski definition) is 0.